The van der Waals surface area contributed by atoms with E-state index in [9.17, 15) is 4.39 Å². The van der Waals surface area contributed by atoms with Crippen LogP contribution in [0.2, 0.25) is 0 Å². The van der Waals surface area contributed by atoms with Gasteiger partial charge in [0.2, 0.25) is 0 Å². The van der Waals surface area contributed by atoms with Gasteiger partial charge in [-0.2, -0.15) is 0 Å². The maximum absolute atomic E-state index is 13.1. The normalized spacial score (nSPS) is 21.8. The Morgan fingerprint density at radius 1 is 1.55 bits per heavy atom. The van der Waals surface area contributed by atoms with Crippen LogP contribution in [-0.4, -0.2) is 6.61 Å². The van der Waals surface area contributed by atoms with Crippen LogP contribution in [0.3, 0.4) is 0 Å². The van der Waals surface area contributed by atoms with Crippen LogP contribution in [0, 0.1) is 12.7 Å². The Kier molecular flexibility index (Phi) is 1.43. The first-order chi connectivity index (χ1) is 5.27. The van der Waals surface area contributed by atoms with Crippen LogP contribution in [0.4, 0.5) is 4.39 Å². The predicted molar refractivity (Wildman–Crippen MR) is 39.8 cm³/mol. The van der Waals surface area contributed by atoms with Gasteiger partial charge in [0.25, 0.3) is 0 Å². The minimum absolute atomic E-state index is 0.0237. The molecule has 11 heavy (non-hydrogen) atoms. The molecule has 2 rings (SSSR count). The summed E-state index contributed by atoms with van der Waals surface area (Å²) in [4.78, 5) is 0. The molecule has 58 valence electrons. The number of ether oxygens (including phenoxy) is 1. The summed E-state index contributed by atoms with van der Waals surface area (Å²) in [6.07, 6.45) is 0.0237. The quantitative estimate of drug-likeness (QED) is 0.562. The lowest BCUT2D eigenvalue weighted by Gasteiger charge is -1.98. The van der Waals surface area contributed by atoms with Gasteiger partial charge in [0.1, 0.15) is 11.9 Å². The van der Waals surface area contributed by atoms with Crippen molar-refractivity contribution in [3.8, 4) is 0 Å². The van der Waals surface area contributed by atoms with Crippen molar-refractivity contribution in [2.75, 3.05) is 6.61 Å². The molecule has 0 N–H and O–H groups in total. The summed E-state index contributed by atoms with van der Waals surface area (Å²) in [5.41, 5.74) is 1.64. The molecule has 1 aromatic carbocycles. The van der Waals surface area contributed by atoms with Crippen molar-refractivity contribution < 1.29 is 9.13 Å². The second kappa shape index (κ2) is 2.31. The number of rotatable bonds is 1. The van der Waals surface area contributed by atoms with E-state index >= 15 is 0 Å². The van der Waals surface area contributed by atoms with Crippen molar-refractivity contribution in [2.24, 2.45) is 0 Å². The molecule has 0 aromatic heterocycles. The lowest BCUT2D eigenvalue weighted by Crippen LogP contribution is -1.87. The summed E-state index contributed by atoms with van der Waals surface area (Å²) in [6.45, 7) is 2.54. The first-order valence-corrected chi connectivity index (χ1v) is 3.65. The Labute approximate surface area is 64.8 Å². The Morgan fingerprint density at radius 3 is 2.82 bits per heavy atom. The van der Waals surface area contributed by atoms with Crippen molar-refractivity contribution in [3.63, 3.8) is 0 Å². The summed E-state index contributed by atoms with van der Waals surface area (Å²) in [5.74, 6) is -0.146. The molecule has 1 nitrogen and oxygen atoms in total. The summed E-state index contributed by atoms with van der Waals surface area (Å²) < 4.78 is 18.0. The van der Waals surface area contributed by atoms with Gasteiger partial charge in [-0.15, -0.1) is 0 Å². The average molecular weight is 152 g/mol. The Balaban J connectivity index is 2.39. The van der Waals surface area contributed by atoms with Gasteiger partial charge in [-0.25, -0.2) is 4.39 Å². The first-order valence-electron chi connectivity index (χ1n) is 3.65. The fourth-order valence-electron chi connectivity index (χ4n) is 1.12. The topological polar surface area (TPSA) is 12.5 Å². The van der Waals surface area contributed by atoms with E-state index in [1.165, 1.54) is 6.07 Å². The van der Waals surface area contributed by atoms with E-state index in [4.69, 9.17) is 4.74 Å². The molecule has 0 bridgehead atoms. The summed E-state index contributed by atoms with van der Waals surface area (Å²) in [6, 6.07) is 5.24. The molecule has 0 spiro atoms. The second-order valence-corrected chi connectivity index (χ2v) is 2.85. The highest BCUT2D eigenvalue weighted by atomic mass is 19.1. The zero-order chi connectivity index (χ0) is 7.84. The van der Waals surface area contributed by atoms with Crippen LogP contribution >= 0.6 is 0 Å². The van der Waals surface area contributed by atoms with Crippen LogP contribution in [0.5, 0.6) is 0 Å². The molecule has 0 radical (unpaired) electrons. The molecule has 1 aromatic rings. The maximum Gasteiger partial charge on any atom is 0.129 e. The molecule has 2 heteroatoms. The molecule has 1 heterocycles. The molecule has 1 atom stereocenters. The minimum Gasteiger partial charge on any atom is -0.368 e. The number of aryl methyl sites for hydroxylation is 1. The molecule has 0 amide bonds. The Hall–Kier alpha value is -0.890. The molecule has 0 unspecified atom stereocenters. The Morgan fingerprint density at radius 2 is 2.27 bits per heavy atom. The van der Waals surface area contributed by atoms with Crippen molar-refractivity contribution in [3.05, 3.63) is 35.1 Å². The van der Waals surface area contributed by atoms with Gasteiger partial charge in [-0.1, -0.05) is 12.1 Å². The summed E-state index contributed by atoms with van der Waals surface area (Å²) in [5, 5.41) is 0. The van der Waals surface area contributed by atoms with Gasteiger partial charge in [0.15, 0.2) is 0 Å². The second-order valence-electron chi connectivity index (χ2n) is 2.85. The SMILES string of the molecule is Cc1ccc([C@@H]2CO2)c(F)c1. The first kappa shape index (κ1) is 6.80. The van der Waals surface area contributed by atoms with Gasteiger partial charge in [0, 0.05) is 5.56 Å². The molecular formula is C9H9FO. The van der Waals surface area contributed by atoms with Crippen LogP contribution in [0.25, 0.3) is 0 Å². The fourth-order valence-corrected chi connectivity index (χ4v) is 1.12. The number of hydrogen-bond acceptors (Lipinski definition) is 1. The number of hydrogen-bond donors (Lipinski definition) is 0. The average Bonchev–Trinajstić information content (AvgIpc) is 2.70. The minimum atomic E-state index is -0.146. The zero-order valence-electron chi connectivity index (χ0n) is 6.30. The zero-order valence-corrected chi connectivity index (χ0v) is 6.30. The van der Waals surface area contributed by atoms with E-state index < -0.39 is 0 Å². The van der Waals surface area contributed by atoms with E-state index in [-0.39, 0.29) is 11.9 Å². The molecular weight excluding hydrogens is 143 g/mol. The monoisotopic (exact) mass is 152 g/mol. The smallest absolute Gasteiger partial charge is 0.129 e. The molecule has 0 saturated carbocycles. The lowest BCUT2D eigenvalue weighted by molar-refractivity contribution is 0.408. The van der Waals surface area contributed by atoms with Gasteiger partial charge >= 0.3 is 0 Å². The molecule has 0 aliphatic carbocycles. The van der Waals surface area contributed by atoms with E-state index in [1.807, 2.05) is 13.0 Å². The van der Waals surface area contributed by atoms with Crippen LogP contribution in [0.15, 0.2) is 18.2 Å². The van der Waals surface area contributed by atoms with E-state index in [0.717, 1.165) is 5.56 Å². The van der Waals surface area contributed by atoms with Crippen LogP contribution in [-0.2, 0) is 4.74 Å². The molecule has 1 fully saturated rings. The summed E-state index contributed by atoms with van der Waals surface area (Å²) in [7, 11) is 0. The lowest BCUT2D eigenvalue weighted by atomic mass is 10.1. The van der Waals surface area contributed by atoms with Crippen molar-refractivity contribution >= 4 is 0 Å². The molecule has 1 saturated heterocycles. The highest BCUT2D eigenvalue weighted by Crippen LogP contribution is 2.31. The van der Waals surface area contributed by atoms with Crippen molar-refractivity contribution in [2.45, 2.75) is 13.0 Å². The van der Waals surface area contributed by atoms with E-state index in [0.29, 0.717) is 12.2 Å². The maximum atomic E-state index is 13.1. The predicted octanol–water partition coefficient (Wildman–Crippen LogP) is 2.21. The van der Waals surface area contributed by atoms with Gasteiger partial charge in [-0.05, 0) is 18.6 Å². The summed E-state index contributed by atoms with van der Waals surface area (Å²) >= 11 is 0. The largest absolute Gasteiger partial charge is 0.368 e. The third kappa shape index (κ3) is 1.26. The third-order valence-electron chi connectivity index (χ3n) is 1.84. The van der Waals surface area contributed by atoms with E-state index in [1.54, 1.807) is 6.07 Å². The van der Waals surface area contributed by atoms with Gasteiger partial charge in [0.05, 0.1) is 6.61 Å². The fraction of sp³-hybridized carbons (Fsp3) is 0.333. The molecule has 1 aliphatic rings. The molecule has 1 aliphatic heterocycles. The number of benzene rings is 1. The third-order valence-corrected chi connectivity index (χ3v) is 1.84. The number of halogens is 1. The van der Waals surface area contributed by atoms with Gasteiger partial charge < -0.3 is 4.74 Å². The van der Waals surface area contributed by atoms with Gasteiger partial charge in [-0.3, -0.25) is 0 Å². The standard InChI is InChI=1S/C9H9FO/c1-6-2-3-7(8(10)4-6)9-5-11-9/h2-4,9H,5H2,1H3/t9-/m0/s1. The van der Waals surface area contributed by atoms with E-state index in [2.05, 4.69) is 0 Å². The van der Waals surface area contributed by atoms with Crippen LogP contribution < -0.4 is 0 Å². The van der Waals surface area contributed by atoms with Crippen molar-refractivity contribution in [1.29, 1.82) is 0 Å². The highest BCUT2D eigenvalue weighted by Gasteiger charge is 2.27. The Bertz CT molecular complexity index is 279. The highest BCUT2D eigenvalue weighted by molar-refractivity contribution is 5.26. The van der Waals surface area contributed by atoms with Crippen LogP contribution in [0.1, 0.15) is 17.2 Å². The number of epoxide rings is 1. The van der Waals surface area contributed by atoms with Crippen molar-refractivity contribution in [1.82, 2.24) is 0 Å².